The molecular formula is C21H20FN3O3S. The van der Waals surface area contributed by atoms with Gasteiger partial charge in [0.25, 0.3) is 5.91 Å². The molecule has 3 rings (SSSR count). The van der Waals surface area contributed by atoms with Gasteiger partial charge in [-0.05, 0) is 53.1 Å². The molecule has 0 atom stereocenters. The number of carbonyl (C=O) groups excluding carboxylic acids is 1. The van der Waals surface area contributed by atoms with E-state index in [0.717, 1.165) is 4.31 Å². The van der Waals surface area contributed by atoms with E-state index in [2.05, 4.69) is 0 Å². The van der Waals surface area contributed by atoms with Crippen LogP contribution in [-0.2, 0) is 10.0 Å². The van der Waals surface area contributed by atoms with Gasteiger partial charge < -0.3 is 11.5 Å². The number of halogens is 1. The summed E-state index contributed by atoms with van der Waals surface area (Å²) in [5.74, 6) is -1.07. The topological polar surface area (TPSA) is 106 Å². The third-order valence-electron chi connectivity index (χ3n) is 4.57. The maximum atomic E-state index is 13.3. The number of nitrogens with zero attached hydrogens (tertiary/aromatic N) is 1. The van der Waals surface area contributed by atoms with Crippen LogP contribution in [0.25, 0.3) is 22.3 Å². The Labute approximate surface area is 168 Å². The lowest BCUT2D eigenvalue weighted by Crippen LogP contribution is -2.22. The maximum absolute atomic E-state index is 13.3. The first-order chi connectivity index (χ1) is 13.6. The van der Waals surface area contributed by atoms with Gasteiger partial charge in [0.05, 0.1) is 16.1 Å². The molecule has 0 heterocycles. The summed E-state index contributed by atoms with van der Waals surface area (Å²) in [7, 11) is -0.668. The Bertz CT molecular complexity index is 1170. The number of hydrogen-bond acceptors (Lipinski definition) is 4. The largest absolute Gasteiger partial charge is 0.398 e. The highest BCUT2D eigenvalue weighted by molar-refractivity contribution is 7.89. The molecule has 0 aromatic heterocycles. The summed E-state index contributed by atoms with van der Waals surface area (Å²) >= 11 is 0. The van der Waals surface area contributed by atoms with E-state index in [4.69, 9.17) is 11.5 Å². The van der Waals surface area contributed by atoms with Crippen LogP contribution in [0.2, 0.25) is 0 Å². The van der Waals surface area contributed by atoms with Gasteiger partial charge in [0.1, 0.15) is 5.82 Å². The van der Waals surface area contributed by atoms with Gasteiger partial charge in [-0.2, -0.15) is 0 Å². The van der Waals surface area contributed by atoms with Crippen LogP contribution in [0.4, 0.5) is 10.1 Å². The van der Waals surface area contributed by atoms with Gasteiger partial charge in [0.15, 0.2) is 0 Å². The molecule has 0 aliphatic carbocycles. The smallest absolute Gasteiger partial charge is 0.250 e. The van der Waals surface area contributed by atoms with Crippen molar-refractivity contribution >= 4 is 21.6 Å². The molecule has 4 N–H and O–H groups in total. The van der Waals surface area contributed by atoms with E-state index < -0.39 is 15.9 Å². The number of carbonyl (C=O) groups is 1. The molecule has 0 unspecified atom stereocenters. The first kappa shape index (κ1) is 20.5. The van der Waals surface area contributed by atoms with Crippen molar-refractivity contribution < 1.29 is 17.6 Å². The molecule has 0 spiro atoms. The number of amides is 1. The molecule has 150 valence electrons. The zero-order valence-electron chi connectivity index (χ0n) is 15.9. The molecule has 0 radical (unpaired) electrons. The van der Waals surface area contributed by atoms with Crippen molar-refractivity contribution in [3.05, 3.63) is 72.0 Å². The van der Waals surface area contributed by atoms with E-state index in [1.165, 1.54) is 38.4 Å². The average molecular weight is 413 g/mol. The molecular weight excluding hydrogens is 393 g/mol. The Morgan fingerprint density at radius 2 is 1.45 bits per heavy atom. The van der Waals surface area contributed by atoms with Crippen LogP contribution >= 0.6 is 0 Å². The van der Waals surface area contributed by atoms with Crippen molar-refractivity contribution in [2.45, 2.75) is 4.90 Å². The van der Waals surface area contributed by atoms with Crippen LogP contribution in [0.5, 0.6) is 0 Å². The third-order valence-corrected chi connectivity index (χ3v) is 6.40. The van der Waals surface area contributed by atoms with Crippen LogP contribution < -0.4 is 11.5 Å². The van der Waals surface area contributed by atoms with Gasteiger partial charge in [-0.1, -0.05) is 24.3 Å². The fourth-order valence-electron chi connectivity index (χ4n) is 2.92. The van der Waals surface area contributed by atoms with E-state index in [1.807, 2.05) is 0 Å². The lowest BCUT2D eigenvalue weighted by atomic mass is 9.94. The molecule has 3 aromatic rings. The van der Waals surface area contributed by atoms with E-state index in [1.54, 1.807) is 36.4 Å². The van der Waals surface area contributed by atoms with Gasteiger partial charge in [-0.15, -0.1) is 0 Å². The van der Waals surface area contributed by atoms with E-state index >= 15 is 0 Å². The van der Waals surface area contributed by atoms with E-state index in [9.17, 15) is 17.6 Å². The predicted octanol–water partition coefficient (Wildman–Crippen LogP) is 3.09. The van der Waals surface area contributed by atoms with Gasteiger partial charge in [0.2, 0.25) is 10.0 Å². The lowest BCUT2D eigenvalue weighted by molar-refractivity contribution is 0.100. The summed E-state index contributed by atoms with van der Waals surface area (Å²) in [4.78, 5) is 12.0. The number of hydrogen-bond donors (Lipinski definition) is 2. The van der Waals surface area contributed by atoms with Crippen molar-refractivity contribution in [3.63, 3.8) is 0 Å². The minimum atomic E-state index is -3.57. The first-order valence-electron chi connectivity index (χ1n) is 8.63. The molecule has 0 fully saturated rings. The Morgan fingerprint density at radius 3 is 1.97 bits per heavy atom. The minimum absolute atomic E-state index is 0.131. The highest BCUT2D eigenvalue weighted by Gasteiger charge is 2.18. The summed E-state index contributed by atoms with van der Waals surface area (Å²) in [5, 5.41) is 0. The van der Waals surface area contributed by atoms with Crippen LogP contribution in [0.3, 0.4) is 0 Å². The highest BCUT2D eigenvalue weighted by Crippen LogP contribution is 2.35. The molecule has 0 aliphatic heterocycles. The molecule has 29 heavy (non-hydrogen) atoms. The number of anilines is 1. The van der Waals surface area contributed by atoms with Crippen LogP contribution in [-0.4, -0.2) is 32.7 Å². The van der Waals surface area contributed by atoms with Crippen molar-refractivity contribution in [2.75, 3.05) is 19.8 Å². The maximum Gasteiger partial charge on any atom is 0.250 e. The first-order valence-corrected chi connectivity index (χ1v) is 10.1. The molecule has 3 aromatic carbocycles. The standard InChI is InChI=1S/C21H20FN3O3S/c1-25(2)29(27,28)17-9-5-14(6-10-17)18-11-15(12-19(20(18)23)21(24)26)13-3-7-16(22)8-4-13/h3-12H,23H2,1-2H3,(H2,24,26). The Balaban J connectivity index is 2.16. The predicted molar refractivity (Wildman–Crippen MR) is 111 cm³/mol. The van der Waals surface area contributed by atoms with E-state index in [0.29, 0.717) is 22.3 Å². The zero-order valence-corrected chi connectivity index (χ0v) is 16.7. The average Bonchev–Trinajstić information content (AvgIpc) is 2.68. The molecule has 8 heteroatoms. The Morgan fingerprint density at radius 1 is 0.897 bits per heavy atom. The summed E-state index contributed by atoms with van der Waals surface area (Å²) < 4.78 is 38.9. The molecule has 0 saturated carbocycles. The quantitative estimate of drug-likeness (QED) is 0.627. The van der Waals surface area contributed by atoms with Gasteiger partial charge in [-0.3, -0.25) is 4.79 Å². The van der Waals surface area contributed by atoms with Crippen molar-refractivity contribution in [1.82, 2.24) is 4.31 Å². The summed E-state index contributed by atoms with van der Waals surface area (Å²) in [6, 6.07) is 15.3. The second-order valence-electron chi connectivity index (χ2n) is 6.67. The number of rotatable bonds is 5. The van der Waals surface area contributed by atoms with E-state index in [-0.39, 0.29) is 22.0 Å². The fourth-order valence-corrected chi connectivity index (χ4v) is 3.82. The van der Waals surface area contributed by atoms with Crippen molar-refractivity contribution in [2.24, 2.45) is 5.73 Å². The van der Waals surface area contributed by atoms with Crippen LogP contribution in [0.15, 0.2) is 65.6 Å². The third kappa shape index (κ3) is 3.98. The molecule has 1 amide bonds. The number of nitrogen functional groups attached to an aromatic ring is 1. The molecule has 0 saturated heterocycles. The number of benzene rings is 3. The van der Waals surface area contributed by atoms with Crippen molar-refractivity contribution in [3.8, 4) is 22.3 Å². The zero-order chi connectivity index (χ0) is 21.3. The SMILES string of the molecule is CN(C)S(=O)(=O)c1ccc(-c2cc(-c3ccc(F)cc3)cc(C(N)=O)c2N)cc1. The normalized spacial score (nSPS) is 11.6. The summed E-state index contributed by atoms with van der Waals surface area (Å²) in [6.45, 7) is 0. The monoisotopic (exact) mass is 413 g/mol. The van der Waals surface area contributed by atoms with Crippen molar-refractivity contribution in [1.29, 1.82) is 0 Å². The second kappa shape index (κ2) is 7.65. The molecule has 6 nitrogen and oxygen atoms in total. The van der Waals surface area contributed by atoms with Gasteiger partial charge in [0, 0.05) is 19.7 Å². The Hall–Kier alpha value is -3.23. The molecule has 0 aliphatic rings. The van der Waals surface area contributed by atoms with Crippen LogP contribution in [0, 0.1) is 5.82 Å². The fraction of sp³-hybridized carbons (Fsp3) is 0.0952. The second-order valence-corrected chi connectivity index (χ2v) is 8.82. The Kier molecular flexibility index (Phi) is 5.41. The number of primary amides is 1. The highest BCUT2D eigenvalue weighted by atomic mass is 32.2. The van der Waals surface area contributed by atoms with Gasteiger partial charge in [-0.25, -0.2) is 17.1 Å². The number of sulfonamides is 1. The summed E-state index contributed by atoms with van der Waals surface area (Å²) in [5.41, 5.74) is 14.4. The number of nitrogens with two attached hydrogens (primary N) is 2. The minimum Gasteiger partial charge on any atom is -0.398 e. The van der Waals surface area contributed by atoms with Gasteiger partial charge >= 0.3 is 0 Å². The summed E-state index contributed by atoms with van der Waals surface area (Å²) in [6.07, 6.45) is 0. The van der Waals surface area contributed by atoms with Crippen LogP contribution in [0.1, 0.15) is 10.4 Å². The molecule has 0 bridgehead atoms. The lowest BCUT2D eigenvalue weighted by Gasteiger charge is -2.15.